The molecule has 8 heteroatoms. The molecule has 7 nitrogen and oxygen atoms in total. The van der Waals surface area contributed by atoms with E-state index in [4.69, 9.17) is 4.52 Å². The molecule has 0 saturated heterocycles. The third-order valence-corrected chi connectivity index (χ3v) is 4.39. The van der Waals surface area contributed by atoms with E-state index in [2.05, 4.69) is 15.5 Å². The lowest BCUT2D eigenvalue weighted by atomic mass is 10.2. The number of rotatable bonds is 5. The van der Waals surface area contributed by atoms with E-state index in [-0.39, 0.29) is 35.5 Å². The molecule has 4 rings (SSSR count). The van der Waals surface area contributed by atoms with Crippen LogP contribution in [0.5, 0.6) is 0 Å². The number of aryl methyl sites for hydroxylation is 1. The van der Waals surface area contributed by atoms with E-state index in [1.807, 2.05) is 25.1 Å². The molecule has 2 heterocycles. The number of amides is 1. The summed E-state index contributed by atoms with van der Waals surface area (Å²) in [7, 11) is 0. The molecule has 0 saturated carbocycles. The maximum absolute atomic E-state index is 13.1. The van der Waals surface area contributed by atoms with Crippen molar-refractivity contribution in [1.29, 1.82) is 0 Å². The third-order valence-electron chi connectivity index (χ3n) is 4.39. The van der Waals surface area contributed by atoms with Crippen LogP contribution in [-0.2, 0) is 11.3 Å². The SMILES string of the molecule is Cc1cccc(NC(=O)Cn2cccc(-c3nc(-c4ccc(F)cc4)no3)c2=O)c1. The molecule has 2 aromatic carbocycles. The first-order valence-electron chi connectivity index (χ1n) is 9.15. The standard InChI is InChI=1S/C22H17FN4O3/c1-14-4-2-5-17(12-14)24-19(28)13-27-11-3-6-18(22(27)29)21-25-20(26-30-21)15-7-9-16(23)10-8-15/h2-12H,13H2,1H3,(H,24,28). The molecule has 0 bridgehead atoms. The molecule has 0 unspecified atom stereocenters. The van der Waals surface area contributed by atoms with Gasteiger partial charge in [0.05, 0.1) is 0 Å². The molecule has 0 fully saturated rings. The monoisotopic (exact) mass is 404 g/mol. The molecular weight excluding hydrogens is 387 g/mol. The summed E-state index contributed by atoms with van der Waals surface area (Å²) in [5.74, 6) is -0.459. The lowest BCUT2D eigenvalue weighted by Crippen LogP contribution is -2.28. The second kappa shape index (κ2) is 8.12. The Morgan fingerprint density at radius 3 is 2.70 bits per heavy atom. The molecule has 0 atom stereocenters. The van der Waals surface area contributed by atoms with Gasteiger partial charge in [0.1, 0.15) is 17.9 Å². The molecule has 4 aromatic rings. The molecule has 1 N–H and O–H groups in total. The van der Waals surface area contributed by atoms with E-state index in [9.17, 15) is 14.0 Å². The average molecular weight is 404 g/mol. The van der Waals surface area contributed by atoms with E-state index in [1.54, 1.807) is 18.2 Å². The van der Waals surface area contributed by atoms with Gasteiger partial charge in [0, 0.05) is 17.4 Å². The Morgan fingerprint density at radius 2 is 1.93 bits per heavy atom. The summed E-state index contributed by atoms with van der Waals surface area (Å²) in [6, 6.07) is 16.1. The number of anilines is 1. The van der Waals surface area contributed by atoms with Gasteiger partial charge in [-0.3, -0.25) is 9.59 Å². The van der Waals surface area contributed by atoms with Crippen LogP contribution in [-0.4, -0.2) is 20.6 Å². The van der Waals surface area contributed by atoms with Crippen molar-refractivity contribution >= 4 is 11.6 Å². The fourth-order valence-electron chi connectivity index (χ4n) is 2.95. The predicted molar refractivity (Wildman–Crippen MR) is 109 cm³/mol. The molecule has 0 aliphatic heterocycles. The highest BCUT2D eigenvalue weighted by molar-refractivity contribution is 5.90. The summed E-state index contributed by atoms with van der Waals surface area (Å²) in [5.41, 5.74) is 1.96. The minimum atomic E-state index is -0.439. The van der Waals surface area contributed by atoms with Gasteiger partial charge < -0.3 is 14.4 Å². The molecule has 1 amide bonds. The van der Waals surface area contributed by atoms with Crippen molar-refractivity contribution in [2.75, 3.05) is 5.32 Å². The number of hydrogen-bond acceptors (Lipinski definition) is 5. The Hall–Kier alpha value is -4.07. The van der Waals surface area contributed by atoms with Gasteiger partial charge in [-0.15, -0.1) is 0 Å². The molecule has 0 aliphatic carbocycles. The van der Waals surface area contributed by atoms with E-state index < -0.39 is 5.56 Å². The van der Waals surface area contributed by atoms with Crippen LogP contribution in [0.1, 0.15) is 5.56 Å². The van der Waals surface area contributed by atoms with Crippen LogP contribution in [0.25, 0.3) is 22.8 Å². The van der Waals surface area contributed by atoms with Crippen LogP contribution >= 0.6 is 0 Å². The van der Waals surface area contributed by atoms with Gasteiger partial charge in [-0.05, 0) is 61.0 Å². The summed E-state index contributed by atoms with van der Waals surface area (Å²) >= 11 is 0. The van der Waals surface area contributed by atoms with Crippen LogP contribution in [0, 0.1) is 12.7 Å². The van der Waals surface area contributed by atoms with Crippen molar-refractivity contribution in [1.82, 2.24) is 14.7 Å². The molecule has 30 heavy (non-hydrogen) atoms. The maximum atomic E-state index is 13.1. The highest BCUT2D eigenvalue weighted by Gasteiger charge is 2.16. The van der Waals surface area contributed by atoms with Crippen molar-refractivity contribution in [2.24, 2.45) is 0 Å². The number of pyridine rings is 1. The van der Waals surface area contributed by atoms with Gasteiger partial charge in [0.2, 0.25) is 11.7 Å². The summed E-state index contributed by atoms with van der Waals surface area (Å²) in [6.07, 6.45) is 1.51. The fourth-order valence-corrected chi connectivity index (χ4v) is 2.95. The zero-order valence-electron chi connectivity index (χ0n) is 16.0. The smallest absolute Gasteiger partial charge is 0.263 e. The summed E-state index contributed by atoms with van der Waals surface area (Å²) in [5, 5.41) is 6.62. The highest BCUT2D eigenvalue weighted by atomic mass is 19.1. The Labute approximate surface area is 170 Å². The van der Waals surface area contributed by atoms with Crippen LogP contribution in [0.2, 0.25) is 0 Å². The summed E-state index contributed by atoms with van der Waals surface area (Å²) in [4.78, 5) is 29.4. The van der Waals surface area contributed by atoms with Gasteiger partial charge in [-0.1, -0.05) is 17.3 Å². The van der Waals surface area contributed by atoms with Crippen LogP contribution in [0.3, 0.4) is 0 Å². The molecule has 150 valence electrons. The molecule has 2 aromatic heterocycles. The first kappa shape index (κ1) is 19.3. The Bertz CT molecular complexity index is 1260. The Morgan fingerprint density at radius 1 is 1.13 bits per heavy atom. The predicted octanol–water partition coefficient (Wildman–Crippen LogP) is 3.65. The van der Waals surface area contributed by atoms with Crippen molar-refractivity contribution in [2.45, 2.75) is 13.5 Å². The van der Waals surface area contributed by atoms with Crippen molar-refractivity contribution in [3.63, 3.8) is 0 Å². The molecular formula is C22H17FN4O3. The quantitative estimate of drug-likeness (QED) is 0.548. The van der Waals surface area contributed by atoms with Gasteiger partial charge in [0.25, 0.3) is 11.4 Å². The summed E-state index contributed by atoms with van der Waals surface area (Å²) in [6.45, 7) is 1.76. The molecule has 0 aliphatic rings. The number of halogens is 1. The van der Waals surface area contributed by atoms with Crippen molar-refractivity contribution < 1.29 is 13.7 Å². The number of nitrogens with zero attached hydrogens (tertiary/aromatic N) is 3. The Kier molecular flexibility index (Phi) is 5.21. The van der Waals surface area contributed by atoms with Crippen LogP contribution < -0.4 is 10.9 Å². The van der Waals surface area contributed by atoms with Crippen molar-refractivity contribution in [3.05, 3.63) is 88.6 Å². The Balaban J connectivity index is 1.55. The number of aromatic nitrogens is 3. The number of benzene rings is 2. The lowest BCUT2D eigenvalue weighted by Gasteiger charge is -2.08. The number of carbonyl (C=O) groups excluding carboxylic acids is 1. The topological polar surface area (TPSA) is 90.0 Å². The first-order valence-corrected chi connectivity index (χ1v) is 9.15. The first-order chi connectivity index (χ1) is 14.5. The largest absolute Gasteiger partial charge is 0.333 e. The number of hydrogen-bond donors (Lipinski definition) is 1. The number of nitrogens with one attached hydrogen (secondary N) is 1. The van der Waals surface area contributed by atoms with Crippen LogP contribution in [0.4, 0.5) is 10.1 Å². The lowest BCUT2D eigenvalue weighted by molar-refractivity contribution is -0.116. The second-order valence-electron chi connectivity index (χ2n) is 6.70. The van der Waals surface area contributed by atoms with E-state index >= 15 is 0 Å². The third kappa shape index (κ3) is 4.17. The van der Waals surface area contributed by atoms with Crippen molar-refractivity contribution in [3.8, 4) is 22.8 Å². The number of carbonyl (C=O) groups is 1. The second-order valence-corrected chi connectivity index (χ2v) is 6.70. The van der Waals surface area contributed by atoms with Gasteiger partial charge >= 0.3 is 0 Å². The minimum absolute atomic E-state index is 0.0211. The summed E-state index contributed by atoms with van der Waals surface area (Å²) < 4.78 is 19.6. The average Bonchev–Trinajstić information content (AvgIpc) is 3.20. The minimum Gasteiger partial charge on any atom is -0.333 e. The zero-order valence-corrected chi connectivity index (χ0v) is 16.0. The van der Waals surface area contributed by atoms with E-state index in [0.717, 1.165) is 5.56 Å². The van der Waals surface area contributed by atoms with Gasteiger partial charge in [0.15, 0.2) is 0 Å². The highest BCUT2D eigenvalue weighted by Crippen LogP contribution is 2.20. The normalized spacial score (nSPS) is 10.7. The molecule has 0 radical (unpaired) electrons. The fraction of sp³-hybridized carbons (Fsp3) is 0.0909. The van der Waals surface area contributed by atoms with E-state index in [0.29, 0.717) is 11.3 Å². The van der Waals surface area contributed by atoms with E-state index in [1.165, 1.54) is 35.0 Å². The maximum Gasteiger partial charge on any atom is 0.263 e. The van der Waals surface area contributed by atoms with Gasteiger partial charge in [-0.25, -0.2) is 4.39 Å². The van der Waals surface area contributed by atoms with Gasteiger partial charge in [-0.2, -0.15) is 4.98 Å². The van der Waals surface area contributed by atoms with Crippen LogP contribution in [0.15, 0.2) is 76.2 Å². The molecule has 0 spiro atoms. The zero-order chi connectivity index (χ0) is 21.1.